The zero-order valence-corrected chi connectivity index (χ0v) is 39.5. The van der Waals surface area contributed by atoms with Crippen molar-refractivity contribution in [3.63, 3.8) is 0 Å². The molecule has 2 aromatic heterocycles. The van der Waals surface area contributed by atoms with Gasteiger partial charge in [0, 0.05) is 32.9 Å². The maximum Gasteiger partial charge on any atom is 0.197 e. The van der Waals surface area contributed by atoms with E-state index in [9.17, 15) is 0 Å². The first-order valence-electron chi connectivity index (χ1n) is 22.4. The maximum absolute atomic E-state index is 15.3. The first kappa shape index (κ1) is 43.1. The third kappa shape index (κ3) is 7.43. The highest BCUT2D eigenvalue weighted by molar-refractivity contribution is 6.05. The molecule has 0 radical (unpaired) electrons. The van der Waals surface area contributed by atoms with E-state index in [1.54, 1.807) is 0 Å². The van der Waals surface area contributed by atoms with Gasteiger partial charge in [0.05, 0.1) is 22.1 Å². The number of benzene rings is 5. The molecule has 314 valence electrons. The summed E-state index contributed by atoms with van der Waals surface area (Å²) in [6.07, 6.45) is 3.40. The second kappa shape index (κ2) is 14.9. The SMILES string of the molecule is CCc1cc2c(=O)c3cc4c(cc3n(-c3cc(C(C)(C)C)cc(C(C)(C)C)c3)c2cc1CC)c(=O)c1cc(CC)c(CC)cc1n4-c1cc(C(C)(C)C)cc(C(C)(C)C)c1. The molecular formula is C56H68N2O2. The van der Waals surface area contributed by atoms with E-state index >= 15 is 9.59 Å². The Bertz CT molecular complexity index is 2710. The molecule has 0 N–H and O–H groups in total. The van der Waals surface area contributed by atoms with Gasteiger partial charge in [-0.1, -0.05) is 123 Å². The van der Waals surface area contributed by atoms with Crippen molar-refractivity contribution < 1.29 is 0 Å². The molecule has 60 heavy (non-hydrogen) atoms. The molecule has 0 amide bonds. The predicted octanol–water partition coefficient (Wildman–Crippen LogP) is 14.0. The van der Waals surface area contributed by atoms with Crippen molar-refractivity contribution in [1.82, 2.24) is 9.13 Å². The first-order valence-corrected chi connectivity index (χ1v) is 22.4. The molecule has 0 atom stereocenters. The van der Waals surface area contributed by atoms with E-state index in [0.29, 0.717) is 21.5 Å². The third-order valence-electron chi connectivity index (χ3n) is 13.0. The fraction of sp³-hybridized carbons (Fsp3) is 0.429. The van der Waals surface area contributed by atoms with Gasteiger partial charge in [-0.05, 0) is 153 Å². The highest BCUT2D eigenvalue weighted by atomic mass is 16.1. The standard InChI is InChI=1S/C56H68N2O2/c1-17-33-21-43-47(23-35(33)19-3)57(41-27-37(53(5,6)7)25-38(28-41)54(8,9)10)49-32-46-50(31-45(49)51(43)59)58(48-24-36(20-4)34(18-2)22-44(48)52(46)60)42-29-39(55(11,12)13)26-40(30-42)56(14,15)16/h21-32H,17-20H2,1-16H3. The molecule has 0 aliphatic heterocycles. The van der Waals surface area contributed by atoms with Crippen LogP contribution in [0.1, 0.15) is 155 Å². The van der Waals surface area contributed by atoms with Crippen molar-refractivity contribution >= 4 is 43.6 Å². The number of fused-ring (bicyclic) bond motifs is 4. The van der Waals surface area contributed by atoms with Gasteiger partial charge < -0.3 is 9.13 Å². The minimum atomic E-state index is -0.119. The molecule has 0 unspecified atom stereocenters. The van der Waals surface area contributed by atoms with Crippen LogP contribution in [0, 0.1) is 0 Å². The predicted molar refractivity (Wildman–Crippen MR) is 260 cm³/mol. The van der Waals surface area contributed by atoms with Crippen LogP contribution in [-0.4, -0.2) is 9.13 Å². The Hall–Kier alpha value is -4.96. The lowest BCUT2D eigenvalue weighted by Gasteiger charge is -2.28. The molecule has 0 fully saturated rings. The molecule has 0 saturated heterocycles. The van der Waals surface area contributed by atoms with Crippen molar-refractivity contribution in [3.8, 4) is 11.4 Å². The fourth-order valence-electron chi connectivity index (χ4n) is 9.03. The average molecular weight is 801 g/mol. The van der Waals surface area contributed by atoms with E-state index in [1.807, 2.05) is 12.1 Å². The second-order valence-corrected chi connectivity index (χ2v) is 21.4. The summed E-state index contributed by atoms with van der Waals surface area (Å²) in [5.41, 5.74) is 14.6. The monoisotopic (exact) mass is 801 g/mol. The second-order valence-electron chi connectivity index (χ2n) is 21.4. The quantitative estimate of drug-likeness (QED) is 0.157. The molecule has 0 bridgehead atoms. The van der Waals surface area contributed by atoms with Gasteiger partial charge in [0.15, 0.2) is 10.9 Å². The largest absolute Gasteiger partial charge is 0.309 e. The molecule has 0 saturated carbocycles. The van der Waals surface area contributed by atoms with Gasteiger partial charge >= 0.3 is 0 Å². The first-order chi connectivity index (χ1) is 27.9. The number of hydrogen-bond acceptors (Lipinski definition) is 2. The van der Waals surface area contributed by atoms with E-state index in [4.69, 9.17) is 0 Å². The molecule has 4 nitrogen and oxygen atoms in total. The van der Waals surface area contributed by atoms with E-state index in [0.717, 1.165) is 59.1 Å². The molecule has 4 heteroatoms. The van der Waals surface area contributed by atoms with E-state index in [2.05, 4.69) is 181 Å². The van der Waals surface area contributed by atoms with Gasteiger partial charge in [0.2, 0.25) is 0 Å². The van der Waals surface area contributed by atoms with Gasteiger partial charge in [0.25, 0.3) is 0 Å². The summed E-state index contributed by atoms with van der Waals surface area (Å²) in [6.45, 7) is 35.9. The van der Waals surface area contributed by atoms with E-state index < -0.39 is 0 Å². The van der Waals surface area contributed by atoms with Crippen molar-refractivity contribution in [3.05, 3.63) is 138 Å². The summed E-state index contributed by atoms with van der Waals surface area (Å²) >= 11 is 0. The summed E-state index contributed by atoms with van der Waals surface area (Å²) in [7, 11) is 0. The Morgan fingerprint density at radius 1 is 0.333 bits per heavy atom. The minimum absolute atomic E-state index is 0.00739. The summed E-state index contributed by atoms with van der Waals surface area (Å²) in [5.74, 6) is 0. The fourth-order valence-corrected chi connectivity index (χ4v) is 9.03. The van der Waals surface area contributed by atoms with Crippen molar-refractivity contribution in [2.24, 2.45) is 0 Å². The molecule has 7 aromatic rings. The number of aromatic nitrogens is 2. The van der Waals surface area contributed by atoms with Crippen LogP contribution >= 0.6 is 0 Å². The minimum Gasteiger partial charge on any atom is -0.309 e. The number of rotatable bonds is 6. The van der Waals surface area contributed by atoms with Gasteiger partial charge in [-0.3, -0.25) is 9.59 Å². The van der Waals surface area contributed by atoms with Crippen LogP contribution in [0.4, 0.5) is 0 Å². The van der Waals surface area contributed by atoms with E-state index in [1.165, 1.54) is 44.5 Å². The van der Waals surface area contributed by atoms with Crippen molar-refractivity contribution in [2.45, 2.75) is 158 Å². The van der Waals surface area contributed by atoms with Gasteiger partial charge in [-0.15, -0.1) is 0 Å². The van der Waals surface area contributed by atoms with Crippen LogP contribution in [0.15, 0.2) is 82.4 Å². The lowest BCUT2D eigenvalue weighted by Crippen LogP contribution is -2.19. The molecule has 0 aliphatic carbocycles. The lowest BCUT2D eigenvalue weighted by molar-refractivity contribution is 0.567. The Kier molecular flexibility index (Phi) is 10.7. The van der Waals surface area contributed by atoms with Crippen molar-refractivity contribution in [2.75, 3.05) is 0 Å². The highest BCUT2D eigenvalue weighted by Gasteiger charge is 2.26. The number of aryl methyl sites for hydroxylation is 4. The Morgan fingerprint density at radius 2 is 0.567 bits per heavy atom. The van der Waals surface area contributed by atoms with Gasteiger partial charge in [0.1, 0.15) is 0 Å². The Balaban J connectivity index is 1.79. The summed E-state index contributed by atoms with van der Waals surface area (Å²) in [5, 5.41) is 2.62. The number of hydrogen-bond donors (Lipinski definition) is 0. The maximum atomic E-state index is 15.3. The van der Waals surface area contributed by atoms with Gasteiger partial charge in [-0.25, -0.2) is 0 Å². The Labute approximate surface area is 358 Å². The number of pyridine rings is 2. The molecule has 0 spiro atoms. The topological polar surface area (TPSA) is 44.0 Å². The molecule has 7 rings (SSSR count). The van der Waals surface area contributed by atoms with Crippen LogP contribution in [0.25, 0.3) is 55.0 Å². The molecule has 2 heterocycles. The zero-order valence-electron chi connectivity index (χ0n) is 39.5. The Morgan fingerprint density at radius 3 is 0.817 bits per heavy atom. The smallest absolute Gasteiger partial charge is 0.197 e. The summed E-state index contributed by atoms with van der Waals surface area (Å²) < 4.78 is 4.58. The summed E-state index contributed by atoms with van der Waals surface area (Å²) in [6, 6.07) is 26.7. The van der Waals surface area contributed by atoms with Crippen molar-refractivity contribution in [1.29, 1.82) is 0 Å². The normalized spacial score (nSPS) is 13.1. The molecular weight excluding hydrogens is 733 g/mol. The van der Waals surface area contributed by atoms with Gasteiger partial charge in [-0.2, -0.15) is 0 Å². The molecule has 5 aromatic carbocycles. The van der Waals surface area contributed by atoms with Crippen LogP contribution in [0.5, 0.6) is 0 Å². The molecule has 0 aliphatic rings. The average Bonchev–Trinajstić information content (AvgIpc) is 3.18. The van der Waals surface area contributed by atoms with Crippen LogP contribution in [0.3, 0.4) is 0 Å². The lowest BCUT2D eigenvalue weighted by atomic mass is 9.80. The summed E-state index contributed by atoms with van der Waals surface area (Å²) in [4.78, 5) is 30.6. The highest BCUT2D eigenvalue weighted by Crippen LogP contribution is 2.38. The van der Waals surface area contributed by atoms with Crippen LogP contribution < -0.4 is 10.9 Å². The van der Waals surface area contributed by atoms with Crippen LogP contribution in [-0.2, 0) is 47.3 Å². The zero-order chi connectivity index (χ0) is 44.0. The van der Waals surface area contributed by atoms with E-state index in [-0.39, 0.29) is 32.5 Å². The number of nitrogens with zero attached hydrogens (tertiary/aromatic N) is 2. The third-order valence-corrected chi connectivity index (χ3v) is 13.0. The van der Waals surface area contributed by atoms with Crippen LogP contribution in [0.2, 0.25) is 0 Å².